The standard InChI is InChI=1S/C19H22FN3O3/c1-13(19(25)22-15-9-7-14(20)8-10-15)23(2)12-18(24)21-16-5-4-6-17(11-16)26-3/h4-11,13H,12H2,1-3H3,(H,21,24)(H,22,25)/t13-/m0/s1. The molecular formula is C19H22FN3O3. The van der Waals surface area contributed by atoms with Crippen LogP contribution in [-0.2, 0) is 9.59 Å². The van der Waals surface area contributed by atoms with Crippen molar-refractivity contribution < 1.29 is 18.7 Å². The molecule has 6 nitrogen and oxygen atoms in total. The van der Waals surface area contributed by atoms with Gasteiger partial charge in [0.05, 0.1) is 19.7 Å². The van der Waals surface area contributed by atoms with Gasteiger partial charge in [0.15, 0.2) is 0 Å². The number of likely N-dealkylation sites (N-methyl/N-ethyl adjacent to an activating group) is 1. The first-order valence-corrected chi connectivity index (χ1v) is 8.09. The first kappa shape index (κ1) is 19.4. The number of halogens is 1. The Kier molecular flexibility index (Phi) is 6.68. The quantitative estimate of drug-likeness (QED) is 0.797. The van der Waals surface area contributed by atoms with Crippen molar-refractivity contribution in [1.29, 1.82) is 0 Å². The monoisotopic (exact) mass is 359 g/mol. The number of benzene rings is 2. The topological polar surface area (TPSA) is 70.7 Å². The number of hydrogen-bond acceptors (Lipinski definition) is 4. The molecule has 2 amide bonds. The minimum absolute atomic E-state index is 0.0369. The summed E-state index contributed by atoms with van der Waals surface area (Å²) in [6.45, 7) is 1.73. The molecule has 0 spiro atoms. The number of ether oxygens (including phenoxy) is 1. The Labute approximate surface area is 152 Å². The lowest BCUT2D eigenvalue weighted by Gasteiger charge is -2.23. The van der Waals surface area contributed by atoms with Gasteiger partial charge in [-0.25, -0.2) is 4.39 Å². The summed E-state index contributed by atoms with van der Waals surface area (Å²) in [6.07, 6.45) is 0. The first-order valence-electron chi connectivity index (χ1n) is 8.09. The molecule has 2 N–H and O–H groups in total. The van der Waals surface area contributed by atoms with Crippen LogP contribution in [0.5, 0.6) is 5.75 Å². The van der Waals surface area contributed by atoms with Gasteiger partial charge in [0, 0.05) is 17.4 Å². The van der Waals surface area contributed by atoms with Gasteiger partial charge in [0.1, 0.15) is 11.6 Å². The molecule has 0 aliphatic heterocycles. The second kappa shape index (κ2) is 8.96. The molecule has 2 aromatic carbocycles. The van der Waals surface area contributed by atoms with E-state index in [1.54, 1.807) is 50.2 Å². The summed E-state index contributed by atoms with van der Waals surface area (Å²) in [7, 11) is 3.23. The van der Waals surface area contributed by atoms with Crippen LogP contribution in [-0.4, -0.2) is 43.5 Å². The molecule has 138 valence electrons. The Morgan fingerprint density at radius 1 is 1.12 bits per heavy atom. The van der Waals surface area contributed by atoms with Crippen LogP contribution in [0.2, 0.25) is 0 Å². The lowest BCUT2D eigenvalue weighted by molar-refractivity contribution is -0.122. The number of methoxy groups -OCH3 is 1. The summed E-state index contributed by atoms with van der Waals surface area (Å²) >= 11 is 0. The van der Waals surface area contributed by atoms with Crippen LogP contribution < -0.4 is 15.4 Å². The number of nitrogens with one attached hydrogen (secondary N) is 2. The molecular weight excluding hydrogens is 337 g/mol. The molecule has 1 atom stereocenters. The van der Waals surface area contributed by atoms with Crippen molar-refractivity contribution >= 4 is 23.2 Å². The van der Waals surface area contributed by atoms with Crippen molar-refractivity contribution in [3.8, 4) is 5.75 Å². The molecule has 0 aliphatic carbocycles. The maximum Gasteiger partial charge on any atom is 0.241 e. The lowest BCUT2D eigenvalue weighted by atomic mass is 10.2. The van der Waals surface area contributed by atoms with Gasteiger partial charge in [0.2, 0.25) is 11.8 Å². The van der Waals surface area contributed by atoms with Crippen molar-refractivity contribution in [2.45, 2.75) is 13.0 Å². The molecule has 0 saturated carbocycles. The molecule has 0 bridgehead atoms. The molecule has 26 heavy (non-hydrogen) atoms. The van der Waals surface area contributed by atoms with E-state index in [9.17, 15) is 14.0 Å². The van der Waals surface area contributed by atoms with Gasteiger partial charge in [-0.2, -0.15) is 0 Å². The van der Waals surface area contributed by atoms with Crippen LogP contribution >= 0.6 is 0 Å². The smallest absolute Gasteiger partial charge is 0.241 e. The molecule has 0 fully saturated rings. The summed E-state index contributed by atoms with van der Waals surface area (Å²) in [4.78, 5) is 26.1. The zero-order chi connectivity index (χ0) is 19.1. The van der Waals surface area contributed by atoms with Gasteiger partial charge >= 0.3 is 0 Å². The largest absolute Gasteiger partial charge is 0.497 e. The number of carbonyl (C=O) groups excluding carboxylic acids is 2. The molecule has 2 aromatic rings. The zero-order valence-corrected chi connectivity index (χ0v) is 15.0. The highest BCUT2D eigenvalue weighted by molar-refractivity contribution is 5.96. The van der Waals surface area contributed by atoms with Crippen molar-refractivity contribution in [2.24, 2.45) is 0 Å². The maximum atomic E-state index is 12.9. The Morgan fingerprint density at radius 3 is 2.46 bits per heavy atom. The first-order chi connectivity index (χ1) is 12.4. The molecule has 2 rings (SSSR count). The normalized spacial score (nSPS) is 11.7. The van der Waals surface area contributed by atoms with Gasteiger partial charge in [-0.1, -0.05) is 6.07 Å². The van der Waals surface area contributed by atoms with Gasteiger partial charge in [-0.3, -0.25) is 14.5 Å². The van der Waals surface area contributed by atoms with E-state index in [-0.39, 0.29) is 24.2 Å². The van der Waals surface area contributed by atoms with Gasteiger partial charge in [-0.15, -0.1) is 0 Å². The van der Waals surface area contributed by atoms with E-state index in [0.29, 0.717) is 17.1 Å². The Balaban J connectivity index is 1.88. The molecule has 0 radical (unpaired) electrons. The second-order valence-corrected chi connectivity index (χ2v) is 5.87. The van der Waals surface area contributed by atoms with Crippen LogP contribution in [0.1, 0.15) is 6.92 Å². The summed E-state index contributed by atoms with van der Waals surface area (Å²) < 4.78 is 18.0. The van der Waals surface area contributed by atoms with Crippen LogP contribution in [0.25, 0.3) is 0 Å². The van der Waals surface area contributed by atoms with E-state index >= 15 is 0 Å². The average Bonchev–Trinajstić information content (AvgIpc) is 2.62. The van der Waals surface area contributed by atoms with Gasteiger partial charge in [-0.05, 0) is 50.4 Å². The molecule has 0 saturated heterocycles. The number of amides is 2. The lowest BCUT2D eigenvalue weighted by Crippen LogP contribution is -2.43. The van der Waals surface area contributed by atoms with Gasteiger partial charge in [0.25, 0.3) is 0 Å². The Morgan fingerprint density at radius 2 is 1.81 bits per heavy atom. The predicted molar refractivity (Wildman–Crippen MR) is 98.7 cm³/mol. The maximum absolute atomic E-state index is 12.9. The number of anilines is 2. The minimum Gasteiger partial charge on any atom is -0.497 e. The third-order valence-corrected chi connectivity index (χ3v) is 3.90. The van der Waals surface area contributed by atoms with Crippen LogP contribution in [0, 0.1) is 5.82 Å². The van der Waals surface area contributed by atoms with E-state index in [1.165, 1.54) is 24.3 Å². The van der Waals surface area contributed by atoms with E-state index in [0.717, 1.165) is 0 Å². The summed E-state index contributed by atoms with van der Waals surface area (Å²) in [6, 6.07) is 12.0. The second-order valence-electron chi connectivity index (χ2n) is 5.87. The highest BCUT2D eigenvalue weighted by atomic mass is 19.1. The number of nitrogens with zero attached hydrogens (tertiary/aromatic N) is 1. The third kappa shape index (κ3) is 5.56. The molecule has 7 heteroatoms. The Bertz CT molecular complexity index is 765. The van der Waals surface area contributed by atoms with Crippen LogP contribution in [0.3, 0.4) is 0 Å². The summed E-state index contributed by atoms with van der Waals surface area (Å²) in [5, 5.41) is 5.46. The molecule has 0 heterocycles. The van der Waals surface area contributed by atoms with E-state index in [2.05, 4.69) is 10.6 Å². The fraction of sp³-hybridized carbons (Fsp3) is 0.263. The fourth-order valence-corrected chi connectivity index (χ4v) is 2.24. The number of rotatable bonds is 7. The van der Waals surface area contributed by atoms with Crippen LogP contribution in [0.4, 0.5) is 15.8 Å². The summed E-state index contributed by atoms with van der Waals surface area (Å²) in [5.74, 6) is -0.263. The Hall–Kier alpha value is -2.93. The van der Waals surface area contributed by atoms with E-state index in [4.69, 9.17) is 4.74 Å². The third-order valence-electron chi connectivity index (χ3n) is 3.90. The molecule has 0 aliphatic rings. The van der Waals surface area contributed by atoms with Crippen molar-refractivity contribution in [2.75, 3.05) is 31.3 Å². The average molecular weight is 359 g/mol. The minimum atomic E-state index is -0.545. The van der Waals surface area contributed by atoms with Crippen LogP contribution in [0.15, 0.2) is 48.5 Å². The van der Waals surface area contributed by atoms with Crippen molar-refractivity contribution in [3.63, 3.8) is 0 Å². The van der Waals surface area contributed by atoms with Crippen molar-refractivity contribution in [1.82, 2.24) is 4.90 Å². The fourth-order valence-electron chi connectivity index (χ4n) is 2.24. The number of hydrogen-bond donors (Lipinski definition) is 2. The number of carbonyl (C=O) groups is 2. The SMILES string of the molecule is COc1cccc(NC(=O)CN(C)[C@@H](C)C(=O)Nc2ccc(F)cc2)c1. The molecule has 0 unspecified atom stereocenters. The molecule has 0 aromatic heterocycles. The highest BCUT2D eigenvalue weighted by Crippen LogP contribution is 2.16. The summed E-state index contributed by atoms with van der Waals surface area (Å²) in [5.41, 5.74) is 1.11. The van der Waals surface area contributed by atoms with Crippen molar-refractivity contribution in [3.05, 3.63) is 54.3 Å². The van der Waals surface area contributed by atoms with E-state index in [1.807, 2.05) is 0 Å². The van der Waals surface area contributed by atoms with E-state index < -0.39 is 6.04 Å². The highest BCUT2D eigenvalue weighted by Gasteiger charge is 2.20. The van der Waals surface area contributed by atoms with Gasteiger partial charge < -0.3 is 15.4 Å². The zero-order valence-electron chi connectivity index (χ0n) is 15.0. The predicted octanol–water partition coefficient (Wildman–Crippen LogP) is 2.73.